The van der Waals surface area contributed by atoms with Crippen molar-refractivity contribution in [3.8, 4) is 0 Å². The molecule has 2 aromatic carbocycles. The van der Waals surface area contributed by atoms with Gasteiger partial charge in [0.05, 0.1) is 6.61 Å². The summed E-state index contributed by atoms with van der Waals surface area (Å²) in [6.45, 7) is 10.6. The molecular weight excluding hydrogens is 320 g/mol. The Morgan fingerprint density at radius 1 is 0.808 bits per heavy atom. The molecule has 0 saturated carbocycles. The number of ether oxygens (including phenoxy) is 1. The normalized spacial score (nSPS) is 20.7. The van der Waals surface area contributed by atoms with E-state index in [4.69, 9.17) is 4.74 Å². The third-order valence-corrected chi connectivity index (χ3v) is 6.22. The molecule has 2 aromatic rings. The van der Waals surface area contributed by atoms with E-state index < -0.39 is 0 Å². The smallest absolute Gasteiger partial charge is 0.124 e. The average molecular weight is 351 g/mol. The van der Waals surface area contributed by atoms with Gasteiger partial charge < -0.3 is 4.74 Å². The number of rotatable bonds is 4. The summed E-state index contributed by atoms with van der Waals surface area (Å²) in [5.74, 6) is 0. The van der Waals surface area contributed by atoms with Gasteiger partial charge in [-0.1, -0.05) is 48.5 Å². The lowest BCUT2D eigenvalue weighted by Gasteiger charge is -2.44. The topological polar surface area (TPSA) is 15.7 Å². The molecule has 2 aliphatic rings. The van der Waals surface area contributed by atoms with E-state index in [9.17, 15) is 0 Å². The Morgan fingerprint density at radius 2 is 1.38 bits per heavy atom. The summed E-state index contributed by atoms with van der Waals surface area (Å²) in [7, 11) is 0. The first kappa shape index (κ1) is 17.7. The zero-order chi connectivity index (χ0) is 18.0. The lowest BCUT2D eigenvalue weighted by atomic mass is 9.96. The number of likely N-dealkylation sites (tertiary alicyclic amines) is 1. The predicted octanol–water partition coefficient (Wildman–Crippen LogP) is 4.13. The number of hydrogen-bond donors (Lipinski definition) is 0. The second-order valence-corrected chi connectivity index (χ2v) is 7.85. The van der Waals surface area contributed by atoms with Crippen LogP contribution < -0.4 is 0 Å². The molecule has 0 unspecified atom stereocenters. The van der Waals surface area contributed by atoms with Gasteiger partial charge >= 0.3 is 0 Å². The van der Waals surface area contributed by atoms with Gasteiger partial charge in [0, 0.05) is 45.6 Å². The maximum absolute atomic E-state index is 6.33. The van der Waals surface area contributed by atoms with Crippen LogP contribution in [0.15, 0.2) is 48.5 Å². The second-order valence-electron chi connectivity index (χ2n) is 7.85. The number of benzene rings is 2. The summed E-state index contributed by atoms with van der Waals surface area (Å²) >= 11 is 0. The van der Waals surface area contributed by atoms with Crippen LogP contribution in [0.2, 0.25) is 0 Å². The molecule has 1 spiro atoms. The van der Waals surface area contributed by atoms with Gasteiger partial charge in [-0.15, -0.1) is 0 Å². The van der Waals surface area contributed by atoms with Crippen molar-refractivity contribution in [3.05, 3.63) is 70.8 Å². The summed E-state index contributed by atoms with van der Waals surface area (Å²) in [5.41, 5.74) is 5.61. The fraction of sp³-hybridized carbons (Fsp3) is 0.478. The van der Waals surface area contributed by atoms with Crippen LogP contribution in [0.4, 0.5) is 0 Å². The van der Waals surface area contributed by atoms with E-state index in [2.05, 4.69) is 72.2 Å². The van der Waals surface area contributed by atoms with E-state index in [0.717, 1.165) is 52.2 Å². The Balaban J connectivity index is 1.40. The van der Waals surface area contributed by atoms with Crippen LogP contribution in [0, 0.1) is 13.8 Å². The number of hydrogen-bond acceptors (Lipinski definition) is 3. The monoisotopic (exact) mass is 350 g/mol. The maximum Gasteiger partial charge on any atom is 0.124 e. The summed E-state index contributed by atoms with van der Waals surface area (Å²) in [4.78, 5) is 5.17. The Hall–Kier alpha value is -1.68. The van der Waals surface area contributed by atoms with Gasteiger partial charge in [0.2, 0.25) is 0 Å². The van der Waals surface area contributed by atoms with Crippen molar-refractivity contribution in [2.24, 2.45) is 0 Å². The molecule has 4 rings (SSSR count). The van der Waals surface area contributed by atoms with Crippen LogP contribution in [0.1, 0.15) is 35.1 Å². The first-order chi connectivity index (χ1) is 12.7. The molecule has 138 valence electrons. The van der Waals surface area contributed by atoms with E-state index in [1.165, 1.54) is 22.3 Å². The van der Waals surface area contributed by atoms with Gasteiger partial charge in [-0.05, 0) is 36.1 Å². The molecule has 2 heterocycles. The lowest BCUT2D eigenvalue weighted by Crippen LogP contribution is -2.52. The van der Waals surface area contributed by atoms with Crippen molar-refractivity contribution in [1.29, 1.82) is 0 Å². The molecule has 2 aliphatic heterocycles. The van der Waals surface area contributed by atoms with Gasteiger partial charge in [-0.25, -0.2) is 0 Å². The van der Waals surface area contributed by atoms with Gasteiger partial charge in [0.15, 0.2) is 0 Å². The highest BCUT2D eigenvalue weighted by molar-refractivity contribution is 5.26. The van der Waals surface area contributed by atoms with Crippen LogP contribution in [-0.4, -0.2) is 41.8 Å². The summed E-state index contributed by atoms with van der Waals surface area (Å²) in [5, 5.41) is 0. The molecule has 0 radical (unpaired) electrons. The molecule has 3 heteroatoms. The molecule has 0 amide bonds. The number of nitrogens with zero attached hydrogens (tertiary/aromatic N) is 2. The minimum atomic E-state index is -0.0511. The summed E-state index contributed by atoms with van der Waals surface area (Å²) in [6.07, 6.45) is 2.20. The molecular formula is C23H30N2O. The summed E-state index contributed by atoms with van der Waals surface area (Å²) in [6, 6.07) is 17.5. The quantitative estimate of drug-likeness (QED) is 0.825. The zero-order valence-electron chi connectivity index (χ0n) is 16.1. The largest absolute Gasteiger partial charge is 0.359 e. The van der Waals surface area contributed by atoms with Crippen LogP contribution in [0.25, 0.3) is 0 Å². The van der Waals surface area contributed by atoms with E-state index in [1.807, 2.05) is 0 Å². The molecule has 0 bridgehead atoms. The Morgan fingerprint density at radius 3 is 2.00 bits per heavy atom. The Bertz CT molecular complexity index is 749. The first-order valence-electron chi connectivity index (χ1n) is 9.87. The van der Waals surface area contributed by atoms with E-state index in [1.54, 1.807) is 0 Å². The second kappa shape index (κ2) is 7.51. The fourth-order valence-electron chi connectivity index (χ4n) is 4.41. The zero-order valence-corrected chi connectivity index (χ0v) is 16.1. The standard InChI is InChI=1S/C23H30N2O/c1-19-7-3-5-9-21(19)17-24-13-11-23(12-14-24)25(15-16-26-23)18-22-10-6-4-8-20(22)2/h3-10H,11-18H2,1-2H3. The highest BCUT2D eigenvalue weighted by Crippen LogP contribution is 2.36. The molecule has 0 atom stereocenters. The van der Waals surface area contributed by atoms with E-state index in [0.29, 0.717) is 0 Å². The molecule has 2 fully saturated rings. The molecule has 0 N–H and O–H groups in total. The van der Waals surface area contributed by atoms with Crippen LogP contribution in [-0.2, 0) is 17.8 Å². The predicted molar refractivity (Wildman–Crippen MR) is 106 cm³/mol. The van der Waals surface area contributed by atoms with Crippen LogP contribution >= 0.6 is 0 Å². The van der Waals surface area contributed by atoms with Crippen molar-refractivity contribution in [2.75, 3.05) is 26.2 Å². The van der Waals surface area contributed by atoms with Crippen molar-refractivity contribution < 1.29 is 4.74 Å². The van der Waals surface area contributed by atoms with Crippen molar-refractivity contribution >= 4 is 0 Å². The van der Waals surface area contributed by atoms with Gasteiger partial charge in [0.1, 0.15) is 5.72 Å². The number of aryl methyl sites for hydroxylation is 2. The Labute approximate surface area is 157 Å². The fourth-order valence-corrected chi connectivity index (χ4v) is 4.41. The Kier molecular flexibility index (Phi) is 5.12. The first-order valence-corrected chi connectivity index (χ1v) is 9.87. The van der Waals surface area contributed by atoms with Gasteiger partial charge in [0.25, 0.3) is 0 Å². The van der Waals surface area contributed by atoms with E-state index in [-0.39, 0.29) is 5.72 Å². The molecule has 3 nitrogen and oxygen atoms in total. The third kappa shape index (κ3) is 3.57. The molecule has 26 heavy (non-hydrogen) atoms. The van der Waals surface area contributed by atoms with Gasteiger partial charge in [-0.3, -0.25) is 9.80 Å². The average Bonchev–Trinajstić information content (AvgIpc) is 3.03. The van der Waals surface area contributed by atoms with Crippen molar-refractivity contribution in [3.63, 3.8) is 0 Å². The maximum atomic E-state index is 6.33. The molecule has 0 aromatic heterocycles. The van der Waals surface area contributed by atoms with E-state index >= 15 is 0 Å². The lowest BCUT2D eigenvalue weighted by molar-refractivity contribution is -0.123. The molecule has 0 aliphatic carbocycles. The number of piperidine rings is 1. The van der Waals surface area contributed by atoms with Crippen LogP contribution in [0.5, 0.6) is 0 Å². The van der Waals surface area contributed by atoms with Gasteiger partial charge in [-0.2, -0.15) is 0 Å². The highest BCUT2D eigenvalue weighted by atomic mass is 16.5. The third-order valence-electron chi connectivity index (χ3n) is 6.22. The van der Waals surface area contributed by atoms with Crippen LogP contribution in [0.3, 0.4) is 0 Å². The van der Waals surface area contributed by atoms with Crippen molar-refractivity contribution in [2.45, 2.75) is 45.5 Å². The minimum absolute atomic E-state index is 0.0511. The highest BCUT2D eigenvalue weighted by Gasteiger charge is 2.44. The molecule has 2 saturated heterocycles. The minimum Gasteiger partial charge on any atom is -0.359 e. The van der Waals surface area contributed by atoms with Crippen molar-refractivity contribution in [1.82, 2.24) is 9.80 Å². The SMILES string of the molecule is Cc1ccccc1CN1CCC2(CC1)OCCN2Cc1ccccc1C. The summed E-state index contributed by atoms with van der Waals surface area (Å²) < 4.78 is 6.33.